The lowest BCUT2D eigenvalue weighted by Crippen LogP contribution is -2.26. The van der Waals surface area contributed by atoms with Crippen LogP contribution in [-0.4, -0.2) is 9.97 Å². The van der Waals surface area contributed by atoms with Crippen molar-refractivity contribution in [3.63, 3.8) is 0 Å². The van der Waals surface area contributed by atoms with Crippen molar-refractivity contribution in [2.24, 2.45) is 0 Å². The number of benzene rings is 8. The number of fused-ring (bicyclic) bond motifs is 14. The maximum Gasteiger partial charge on any atom is 0.160 e. The van der Waals surface area contributed by atoms with Crippen molar-refractivity contribution < 1.29 is 0 Å². The Balaban J connectivity index is 1.17. The normalized spacial score (nSPS) is 15.2. The number of hydrogen-bond acceptors (Lipinski definition) is 2. The van der Waals surface area contributed by atoms with Gasteiger partial charge in [-0.05, 0) is 95.7 Å². The molecular weight excluding hydrogens is 641 g/mol. The third kappa shape index (κ3) is 3.77. The molecule has 0 aliphatic heterocycles. The Bertz CT molecular complexity index is 2940. The summed E-state index contributed by atoms with van der Waals surface area (Å²) >= 11 is 0. The quantitative estimate of drug-likeness (QED) is 0.187. The Morgan fingerprint density at radius 2 is 0.868 bits per heavy atom. The van der Waals surface area contributed by atoms with Crippen molar-refractivity contribution >= 4 is 10.8 Å². The molecule has 1 unspecified atom stereocenters. The van der Waals surface area contributed by atoms with Gasteiger partial charge in [-0.3, -0.25) is 0 Å². The Labute approximate surface area is 307 Å². The van der Waals surface area contributed by atoms with E-state index in [2.05, 4.69) is 170 Å². The molecule has 12 rings (SSSR count). The van der Waals surface area contributed by atoms with Crippen LogP contribution in [0.5, 0.6) is 0 Å². The van der Waals surface area contributed by atoms with E-state index in [0.29, 0.717) is 0 Å². The second kappa shape index (κ2) is 10.6. The average molecular weight is 671 g/mol. The second-order valence-corrected chi connectivity index (χ2v) is 14.4. The Hall–Kier alpha value is -6.90. The van der Waals surface area contributed by atoms with Crippen LogP contribution in [0.1, 0.15) is 22.3 Å². The fourth-order valence-corrected chi connectivity index (χ4v) is 9.72. The highest BCUT2D eigenvalue weighted by Crippen LogP contribution is 2.65. The minimum Gasteiger partial charge on any atom is -0.228 e. The van der Waals surface area contributed by atoms with Crippen LogP contribution in [0.4, 0.5) is 0 Å². The van der Waals surface area contributed by atoms with Gasteiger partial charge in [0, 0.05) is 16.7 Å². The smallest absolute Gasteiger partial charge is 0.160 e. The highest BCUT2D eigenvalue weighted by Gasteiger charge is 2.52. The van der Waals surface area contributed by atoms with Gasteiger partial charge in [-0.15, -0.1) is 0 Å². The van der Waals surface area contributed by atoms with Gasteiger partial charge in [0.25, 0.3) is 0 Å². The summed E-state index contributed by atoms with van der Waals surface area (Å²) in [6, 6.07) is 66.4. The first-order chi connectivity index (χ1) is 26.3. The maximum atomic E-state index is 5.27. The number of hydrogen-bond donors (Lipinski definition) is 0. The van der Waals surface area contributed by atoms with Crippen molar-refractivity contribution in [3.8, 4) is 78.4 Å². The molecule has 3 aliphatic rings. The topological polar surface area (TPSA) is 25.8 Å². The van der Waals surface area contributed by atoms with E-state index >= 15 is 0 Å². The lowest BCUT2D eigenvalue weighted by atomic mass is 9.70. The summed E-state index contributed by atoms with van der Waals surface area (Å²) in [7, 11) is 0. The molecule has 244 valence electrons. The van der Waals surface area contributed by atoms with Crippen molar-refractivity contribution in [1.29, 1.82) is 0 Å². The van der Waals surface area contributed by atoms with E-state index in [4.69, 9.17) is 9.97 Å². The monoisotopic (exact) mass is 670 g/mol. The fraction of sp³-hybridized carbons (Fsp3) is 0.0196. The zero-order valence-electron chi connectivity index (χ0n) is 28.7. The lowest BCUT2D eigenvalue weighted by Gasteiger charge is -2.31. The first-order valence-corrected chi connectivity index (χ1v) is 18.3. The summed E-state index contributed by atoms with van der Waals surface area (Å²) < 4.78 is 0. The van der Waals surface area contributed by atoms with E-state index in [-0.39, 0.29) is 0 Å². The van der Waals surface area contributed by atoms with E-state index in [1.54, 1.807) is 0 Å². The molecule has 0 saturated heterocycles. The zero-order valence-corrected chi connectivity index (χ0v) is 28.7. The van der Waals surface area contributed by atoms with Gasteiger partial charge in [0.15, 0.2) is 5.82 Å². The minimum atomic E-state index is -0.509. The summed E-state index contributed by atoms with van der Waals surface area (Å²) in [6.07, 6.45) is 0. The van der Waals surface area contributed by atoms with Gasteiger partial charge in [0.05, 0.1) is 16.8 Å². The molecule has 0 saturated carbocycles. The summed E-state index contributed by atoms with van der Waals surface area (Å²) in [5.41, 5.74) is 20.2. The average Bonchev–Trinajstić information content (AvgIpc) is 3.84. The van der Waals surface area contributed by atoms with Crippen LogP contribution in [-0.2, 0) is 5.41 Å². The maximum absolute atomic E-state index is 5.27. The molecule has 8 aromatic carbocycles. The van der Waals surface area contributed by atoms with Crippen LogP contribution < -0.4 is 0 Å². The fourth-order valence-electron chi connectivity index (χ4n) is 9.72. The summed E-state index contributed by atoms with van der Waals surface area (Å²) in [5.74, 6) is 0.723. The molecule has 1 spiro atoms. The van der Waals surface area contributed by atoms with Gasteiger partial charge in [0.1, 0.15) is 0 Å². The Morgan fingerprint density at radius 1 is 0.321 bits per heavy atom. The highest BCUT2D eigenvalue weighted by molar-refractivity contribution is 6.21. The molecule has 1 heterocycles. The molecular formula is C51H30N2. The van der Waals surface area contributed by atoms with Gasteiger partial charge in [0.2, 0.25) is 0 Å². The first kappa shape index (κ1) is 28.8. The predicted octanol–water partition coefficient (Wildman–Crippen LogP) is 12.6. The molecule has 9 aromatic rings. The number of rotatable bonds is 3. The number of nitrogens with zero attached hydrogens (tertiary/aromatic N) is 2. The molecule has 0 fully saturated rings. The van der Waals surface area contributed by atoms with Crippen molar-refractivity contribution in [3.05, 3.63) is 204 Å². The summed E-state index contributed by atoms with van der Waals surface area (Å²) in [4.78, 5) is 10.5. The first-order valence-electron chi connectivity index (χ1n) is 18.3. The van der Waals surface area contributed by atoms with Crippen LogP contribution in [0.15, 0.2) is 182 Å². The van der Waals surface area contributed by atoms with E-state index in [1.165, 1.54) is 77.5 Å². The van der Waals surface area contributed by atoms with Crippen LogP contribution in [0, 0.1) is 0 Å². The standard InChI is InChI=1S/C51H30N2/c1-3-14-31(15-4-1)46-30-47(32-16-5-2-6-17-32)53-50(52-46)33-26-27-37-36-20-9-11-24-42(36)51(44(37)28-33)43-25-12-10-21-39(43)49-40-23-13-22-38-34-18-7-8-19-35(34)41(48(38)40)29-45(49)51/h1-30H. The molecule has 53 heavy (non-hydrogen) atoms. The molecule has 0 bridgehead atoms. The summed E-state index contributed by atoms with van der Waals surface area (Å²) in [5, 5.41) is 2.68. The van der Waals surface area contributed by atoms with Crippen molar-refractivity contribution in [2.75, 3.05) is 0 Å². The second-order valence-electron chi connectivity index (χ2n) is 14.4. The molecule has 0 radical (unpaired) electrons. The van der Waals surface area contributed by atoms with E-state index in [0.717, 1.165) is 33.9 Å². The largest absolute Gasteiger partial charge is 0.228 e. The van der Waals surface area contributed by atoms with Crippen LogP contribution in [0.3, 0.4) is 0 Å². The molecule has 3 aliphatic carbocycles. The minimum absolute atomic E-state index is 0.509. The molecule has 1 aromatic heterocycles. The molecule has 0 N–H and O–H groups in total. The van der Waals surface area contributed by atoms with Gasteiger partial charge >= 0.3 is 0 Å². The third-order valence-corrected chi connectivity index (χ3v) is 11.8. The third-order valence-electron chi connectivity index (χ3n) is 11.8. The van der Waals surface area contributed by atoms with E-state index in [1.807, 2.05) is 12.1 Å². The number of aromatic nitrogens is 2. The van der Waals surface area contributed by atoms with Crippen molar-refractivity contribution in [1.82, 2.24) is 9.97 Å². The predicted molar refractivity (Wildman–Crippen MR) is 217 cm³/mol. The van der Waals surface area contributed by atoms with E-state index in [9.17, 15) is 0 Å². The zero-order chi connectivity index (χ0) is 34.7. The Morgan fingerprint density at radius 3 is 1.57 bits per heavy atom. The molecule has 2 heteroatoms. The van der Waals surface area contributed by atoms with Crippen molar-refractivity contribution in [2.45, 2.75) is 5.41 Å². The van der Waals surface area contributed by atoms with Crippen LogP contribution in [0.25, 0.3) is 89.2 Å². The molecule has 0 amide bonds. The Kier molecular flexibility index (Phi) is 5.73. The van der Waals surface area contributed by atoms with Crippen LogP contribution in [0.2, 0.25) is 0 Å². The molecule has 1 atom stereocenters. The lowest BCUT2D eigenvalue weighted by molar-refractivity contribution is 0.795. The summed E-state index contributed by atoms with van der Waals surface area (Å²) in [6.45, 7) is 0. The SMILES string of the molecule is c1ccc(-c2cc(-c3ccccc3)nc(-c3ccc4c(c3)C3(c5ccccc5-4)c4ccccc4-c4c3cc3c5c(cccc45)-c4ccccc4-3)n2)cc1. The van der Waals surface area contributed by atoms with Gasteiger partial charge in [-0.2, -0.15) is 0 Å². The van der Waals surface area contributed by atoms with Crippen LogP contribution >= 0.6 is 0 Å². The van der Waals surface area contributed by atoms with Gasteiger partial charge < -0.3 is 0 Å². The van der Waals surface area contributed by atoms with E-state index < -0.39 is 5.41 Å². The van der Waals surface area contributed by atoms with Gasteiger partial charge in [-0.1, -0.05) is 164 Å². The molecule has 2 nitrogen and oxygen atoms in total. The van der Waals surface area contributed by atoms with Gasteiger partial charge in [-0.25, -0.2) is 9.97 Å². The highest BCUT2D eigenvalue weighted by atomic mass is 14.9.